The van der Waals surface area contributed by atoms with Crippen molar-refractivity contribution in [3.8, 4) is 0 Å². The van der Waals surface area contributed by atoms with Crippen LogP contribution in [0.1, 0.15) is 5.69 Å². The molecule has 2 rings (SSSR count). The molecule has 1 aliphatic rings. The lowest BCUT2D eigenvalue weighted by Crippen LogP contribution is -2.29. The van der Waals surface area contributed by atoms with Crippen molar-refractivity contribution < 1.29 is 9.90 Å². The van der Waals surface area contributed by atoms with E-state index in [-0.39, 0.29) is 5.92 Å². The van der Waals surface area contributed by atoms with Crippen molar-refractivity contribution in [1.82, 2.24) is 4.98 Å². The molecule has 0 spiro atoms. The van der Waals surface area contributed by atoms with Gasteiger partial charge in [-0.1, -0.05) is 0 Å². The van der Waals surface area contributed by atoms with E-state index in [0.29, 0.717) is 13.0 Å². The van der Waals surface area contributed by atoms with Gasteiger partial charge in [-0.2, -0.15) is 0 Å². The van der Waals surface area contributed by atoms with Gasteiger partial charge in [-0.3, -0.25) is 9.78 Å². The number of carbonyl (C=O) groups is 1. The van der Waals surface area contributed by atoms with Crippen LogP contribution in [0.2, 0.25) is 0 Å². The molecule has 1 unspecified atom stereocenters. The quantitative estimate of drug-likeness (QED) is 0.666. The van der Waals surface area contributed by atoms with Crippen LogP contribution in [0.15, 0.2) is 18.3 Å². The van der Waals surface area contributed by atoms with Crippen LogP contribution in [-0.4, -0.2) is 22.6 Å². The van der Waals surface area contributed by atoms with Crippen molar-refractivity contribution in [3.05, 3.63) is 24.0 Å². The summed E-state index contributed by atoms with van der Waals surface area (Å²) >= 11 is 0. The zero-order valence-corrected chi connectivity index (χ0v) is 7.03. The third-order valence-corrected chi connectivity index (χ3v) is 2.22. The van der Waals surface area contributed by atoms with E-state index < -0.39 is 5.97 Å². The van der Waals surface area contributed by atoms with Crippen molar-refractivity contribution >= 4 is 11.7 Å². The summed E-state index contributed by atoms with van der Waals surface area (Å²) < 4.78 is 0. The molecule has 0 saturated heterocycles. The molecule has 0 fully saturated rings. The van der Waals surface area contributed by atoms with Crippen LogP contribution in [0.3, 0.4) is 0 Å². The molecule has 4 heteroatoms. The average molecular weight is 178 g/mol. The van der Waals surface area contributed by atoms with E-state index in [0.717, 1.165) is 11.4 Å². The number of pyridine rings is 1. The first-order valence-electron chi connectivity index (χ1n) is 4.18. The van der Waals surface area contributed by atoms with Crippen LogP contribution < -0.4 is 5.32 Å². The number of aliphatic carboxylic acids is 1. The number of nitrogens with one attached hydrogen (secondary N) is 1. The summed E-state index contributed by atoms with van der Waals surface area (Å²) in [5, 5.41) is 11.8. The van der Waals surface area contributed by atoms with E-state index in [1.807, 2.05) is 12.1 Å². The minimum atomic E-state index is -0.760. The fourth-order valence-corrected chi connectivity index (χ4v) is 1.47. The minimum Gasteiger partial charge on any atom is -0.481 e. The van der Waals surface area contributed by atoms with E-state index >= 15 is 0 Å². The predicted octanol–water partition coefficient (Wildman–Crippen LogP) is 0.750. The highest BCUT2D eigenvalue weighted by atomic mass is 16.4. The van der Waals surface area contributed by atoms with Gasteiger partial charge in [0.2, 0.25) is 0 Å². The zero-order chi connectivity index (χ0) is 9.26. The highest BCUT2D eigenvalue weighted by Crippen LogP contribution is 2.21. The summed E-state index contributed by atoms with van der Waals surface area (Å²) in [4.78, 5) is 14.8. The first-order valence-corrected chi connectivity index (χ1v) is 4.18. The smallest absolute Gasteiger partial charge is 0.308 e. The lowest BCUT2D eigenvalue weighted by Gasteiger charge is -2.21. The molecule has 0 aromatic carbocycles. The van der Waals surface area contributed by atoms with Gasteiger partial charge >= 0.3 is 5.97 Å². The summed E-state index contributed by atoms with van der Waals surface area (Å²) in [6, 6.07) is 3.76. The molecule has 4 nitrogen and oxygen atoms in total. The average Bonchev–Trinajstić information content (AvgIpc) is 2.17. The standard InChI is InChI=1S/C9H10N2O2/c12-9(13)6-4-8-7(11-5-6)2-1-3-10-8/h1-3,6,11H,4-5H2,(H,12,13). The maximum Gasteiger partial charge on any atom is 0.308 e. The number of rotatable bonds is 1. The van der Waals surface area contributed by atoms with Crippen LogP contribution in [-0.2, 0) is 11.2 Å². The summed E-state index contributed by atoms with van der Waals surface area (Å²) in [5.41, 5.74) is 1.81. The Morgan fingerprint density at radius 1 is 1.69 bits per heavy atom. The number of carboxylic acid groups (broad SMARTS) is 1. The molecule has 0 aliphatic carbocycles. The van der Waals surface area contributed by atoms with E-state index in [9.17, 15) is 4.79 Å². The SMILES string of the molecule is O=C(O)C1CNc2cccnc2C1. The Morgan fingerprint density at radius 2 is 2.54 bits per heavy atom. The van der Waals surface area contributed by atoms with Gasteiger partial charge in [0.1, 0.15) is 0 Å². The monoisotopic (exact) mass is 178 g/mol. The second-order valence-corrected chi connectivity index (χ2v) is 3.12. The van der Waals surface area contributed by atoms with Gasteiger partial charge in [0.25, 0.3) is 0 Å². The summed E-state index contributed by atoms with van der Waals surface area (Å²) in [6.07, 6.45) is 2.21. The van der Waals surface area contributed by atoms with E-state index in [2.05, 4.69) is 10.3 Å². The fourth-order valence-electron chi connectivity index (χ4n) is 1.47. The largest absolute Gasteiger partial charge is 0.481 e. The number of fused-ring (bicyclic) bond motifs is 1. The lowest BCUT2D eigenvalue weighted by atomic mass is 9.98. The van der Waals surface area contributed by atoms with Crippen molar-refractivity contribution in [2.24, 2.45) is 5.92 Å². The summed E-state index contributed by atoms with van der Waals surface area (Å²) in [5.74, 6) is -1.11. The van der Waals surface area contributed by atoms with E-state index in [1.165, 1.54) is 0 Å². The van der Waals surface area contributed by atoms with Gasteiger partial charge in [0.05, 0.1) is 17.3 Å². The van der Waals surface area contributed by atoms with Crippen LogP contribution >= 0.6 is 0 Å². The molecule has 1 aliphatic heterocycles. The summed E-state index contributed by atoms with van der Waals surface area (Å²) in [6.45, 7) is 0.494. The van der Waals surface area contributed by atoms with Gasteiger partial charge in [-0.15, -0.1) is 0 Å². The number of anilines is 1. The minimum absolute atomic E-state index is 0.345. The molecule has 0 saturated carbocycles. The van der Waals surface area contributed by atoms with E-state index in [4.69, 9.17) is 5.11 Å². The van der Waals surface area contributed by atoms with Gasteiger partial charge in [0.15, 0.2) is 0 Å². The Bertz CT molecular complexity index is 338. The normalized spacial score (nSPS) is 20.2. The molecule has 13 heavy (non-hydrogen) atoms. The molecule has 2 N–H and O–H groups in total. The molecule has 68 valence electrons. The van der Waals surface area contributed by atoms with Crippen LogP contribution in [0.4, 0.5) is 5.69 Å². The Hall–Kier alpha value is -1.58. The first-order chi connectivity index (χ1) is 6.27. The molecule has 1 aromatic heterocycles. The molecule has 1 atom stereocenters. The van der Waals surface area contributed by atoms with Crippen molar-refractivity contribution in [2.45, 2.75) is 6.42 Å². The number of hydrogen-bond acceptors (Lipinski definition) is 3. The Kier molecular flexibility index (Phi) is 1.88. The van der Waals surface area contributed by atoms with Crippen LogP contribution in [0, 0.1) is 5.92 Å². The summed E-state index contributed by atoms with van der Waals surface area (Å²) in [7, 11) is 0. The zero-order valence-electron chi connectivity index (χ0n) is 7.03. The molecule has 0 radical (unpaired) electrons. The first kappa shape index (κ1) is 8.04. The fraction of sp³-hybridized carbons (Fsp3) is 0.333. The predicted molar refractivity (Wildman–Crippen MR) is 47.6 cm³/mol. The number of nitrogens with zero attached hydrogens (tertiary/aromatic N) is 1. The van der Waals surface area contributed by atoms with Crippen molar-refractivity contribution in [3.63, 3.8) is 0 Å². The van der Waals surface area contributed by atoms with Gasteiger partial charge in [-0.25, -0.2) is 0 Å². The molecular weight excluding hydrogens is 168 g/mol. The Labute approximate surface area is 75.6 Å². The second-order valence-electron chi connectivity index (χ2n) is 3.12. The number of carboxylic acids is 1. The highest BCUT2D eigenvalue weighted by molar-refractivity contribution is 5.72. The van der Waals surface area contributed by atoms with Gasteiger partial charge in [-0.05, 0) is 12.1 Å². The van der Waals surface area contributed by atoms with Gasteiger partial charge in [0, 0.05) is 19.2 Å². The molecule has 2 heterocycles. The molecule has 0 bridgehead atoms. The third-order valence-electron chi connectivity index (χ3n) is 2.22. The number of aromatic nitrogens is 1. The van der Waals surface area contributed by atoms with Crippen LogP contribution in [0.5, 0.6) is 0 Å². The number of hydrogen-bond donors (Lipinski definition) is 2. The molecule has 1 aromatic rings. The maximum absolute atomic E-state index is 10.7. The van der Waals surface area contributed by atoms with E-state index in [1.54, 1.807) is 6.20 Å². The Balaban J connectivity index is 2.24. The highest BCUT2D eigenvalue weighted by Gasteiger charge is 2.24. The van der Waals surface area contributed by atoms with Crippen LogP contribution in [0.25, 0.3) is 0 Å². The lowest BCUT2D eigenvalue weighted by molar-refractivity contribution is -0.141. The topological polar surface area (TPSA) is 62.2 Å². The molecule has 0 amide bonds. The molecular formula is C9H10N2O2. The second kappa shape index (κ2) is 3.05. The van der Waals surface area contributed by atoms with Gasteiger partial charge < -0.3 is 10.4 Å². The van der Waals surface area contributed by atoms with Crippen molar-refractivity contribution in [1.29, 1.82) is 0 Å². The maximum atomic E-state index is 10.7. The third kappa shape index (κ3) is 1.47. The van der Waals surface area contributed by atoms with Crippen molar-refractivity contribution in [2.75, 3.05) is 11.9 Å². The Morgan fingerprint density at radius 3 is 3.31 bits per heavy atom.